The van der Waals surface area contributed by atoms with Crippen LogP contribution in [-0.4, -0.2) is 27.9 Å². The maximum atomic E-state index is 14.0. The van der Waals surface area contributed by atoms with Crippen LogP contribution in [0.5, 0.6) is 0 Å². The fourth-order valence-electron chi connectivity index (χ4n) is 4.47. The Morgan fingerprint density at radius 1 is 0.939 bits per heavy atom. The molecular formula is C24H19F3N4O2. The predicted octanol–water partition coefficient (Wildman–Crippen LogP) is 4.06. The molecule has 0 spiro atoms. The molecule has 0 radical (unpaired) electrons. The molecule has 2 aromatic heterocycles. The molecule has 0 bridgehead atoms. The maximum absolute atomic E-state index is 14.0. The number of H-pyrrole nitrogens is 1. The number of nitrogens with one attached hydrogen (secondary N) is 2. The molecule has 6 nitrogen and oxygen atoms in total. The van der Waals surface area contributed by atoms with Crippen molar-refractivity contribution in [1.82, 2.24) is 14.9 Å². The Balaban J connectivity index is 1.86. The van der Waals surface area contributed by atoms with E-state index in [0.29, 0.717) is 36.0 Å². The van der Waals surface area contributed by atoms with Crippen molar-refractivity contribution < 1.29 is 22.8 Å². The number of hydrogen-bond acceptors (Lipinski definition) is 3. The van der Waals surface area contributed by atoms with E-state index in [1.54, 1.807) is 29.0 Å². The second-order valence-corrected chi connectivity index (χ2v) is 7.86. The van der Waals surface area contributed by atoms with E-state index >= 15 is 0 Å². The number of benzene rings is 2. The highest BCUT2D eigenvalue weighted by atomic mass is 19.4. The summed E-state index contributed by atoms with van der Waals surface area (Å²) in [5.41, 5.74) is 6.32. The molecule has 1 aliphatic rings. The van der Waals surface area contributed by atoms with Crippen LogP contribution in [-0.2, 0) is 22.3 Å². The summed E-state index contributed by atoms with van der Waals surface area (Å²) >= 11 is 0. The zero-order valence-corrected chi connectivity index (χ0v) is 17.3. The molecular weight excluding hydrogens is 433 g/mol. The van der Waals surface area contributed by atoms with Crippen LogP contribution in [0.3, 0.4) is 0 Å². The Kier molecular flexibility index (Phi) is 4.86. The standard InChI is InChI=1S/C24H19F3N4O2/c25-24(26,27)16-6-3-8-18-19(16)15(12-31(18)10-4-9-28)21-20(22(32)30-23(21)33)14-11-29-17-7-2-1-5-13(14)17/h1-3,5-8,11-12,29H,4,9-10,28H2,(H,30,32,33). The second kappa shape index (κ2) is 7.63. The number of hydrogen-bond donors (Lipinski definition) is 3. The quantitative estimate of drug-likeness (QED) is 0.399. The lowest BCUT2D eigenvalue weighted by Gasteiger charge is -2.11. The number of para-hydroxylation sites is 1. The SMILES string of the molecule is NCCCn1cc(C2=C(c3c[nH]c4ccccc34)C(=O)NC2=O)c2c(C(F)(F)F)cccc21. The minimum absolute atomic E-state index is 0.0484. The molecule has 1 aliphatic heterocycles. The average molecular weight is 452 g/mol. The van der Waals surface area contributed by atoms with Crippen LogP contribution < -0.4 is 11.1 Å². The third-order valence-electron chi connectivity index (χ3n) is 5.87. The van der Waals surface area contributed by atoms with Crippen molar-refractivity contribution >= 4 is 44.8 Å². The zero-order valence-electron chi connectivity index (χ0n) is 17.3. The number of aromatic nitrogens is 2. The summed E-state index contributed by atoms with van der Waals surface area (Å²) in [4.78, 5) is 28.9. The van der Waals surface area contributed by atoms with Crippen molar-refractivity contribution in [1.29, 1.82) is 0 Å². The lowest BCUT2D eigenvalue weighted by Crippen LogP contribution is -2.22. The molecule has 9 heteroatoms. The average Bonchev–Trinajstić information content (AvgIpc) is 3.44. The summed E-state index contributed by atoms with van der Waals surface area (Å²) in [7, 11) is 0. The van der Waals surface area contributed by atoms with E-state index in [1.807, 2.05) is 12.1 Å². The highest BCUT2D eigenvalue weighted by molar-refractivity contribution is 6.50. The minimum Gasteiger partial charge on any atom is -0.361 e. The van der Waals surface area contributed by atoms with Crippen LogP contribution in [0, 0.1) is 0 Å². The number of carbonyl (C=O) groups is 2. The first-order valence-electron chi connectivity index (χ1n) is 10.4. The van der Waals surface area contributed by atoms with Gasteiger partial charge in [0.2, 0.25) is 0 Å². The fraction of sp³-hybridized carbons (Fsp3) is 0.167. The first-order valence-corrected chi connectivity index (χ1v) is 10.4. The lowest BCUT2D eigenvalue weighted by molar-refractivity contribution is -0.136. The number of rotatable bonds is 5. The number of alkyl halides is 3. The van der Waals surface area contributed by atoms with E-state index in [-0.39, 0.29) is 22.1 Å². The smallest absolute Gasteiger partial charge is 0.361 e. The van der Waals surface area contributed by atoms with Gasteiger partial charge in [0.15, 0.2) is 0 Å². The summed E-state index contributed by atoms with van der Waals surface area (Å²) in [6.45, 7) is 0.732. The second-order valence-electron chi connectivity index (χ2n) is 7.86. The molecule has 4 aromatic rings. The van der Waals surface area contributed by atoms with Gasteiger partial charge in [0, 0.05) is 51.9 Å². The van der Waals surface area contributed by atoms with Crippen molar-refractivity contribution in [2.75, 3.05) is 6.54 Å². The van der Waals surface area contributed by atoms with Crippen molar-refractivity contribution in [2.24, 2.45) is 5.73 Å². The van der Waals surface area contributed by atoms with Crippen LogP contribution in [0.2, 0.25) is 0 Å². The van der Waals surface area contributed by atoms with Crippen LogP contribution in [0.15, 0.2) is 54.9 Å². The normalized spacial score (nSPS) is 14.7. The number of carbonyl (C=O) groups excluding carboxylic acids is 2. The molecule has 5 rings (SSSR count). The first kappa shape index (κ1) is 21.0. The Hall–Kier alpha value is -3.85. The van der Waals surface area contributed by atoms with E-state index in [0.717, 1.165) is 11.6 Å². The molecule has 3 heterocycles. The number of halogens is 3. The molecule has 33 heavy (non-hydrogen) atoms. The summed E-state index contributed by atoms with van der Waals surface area (Å²) < 4.78 is 43.6. The van der Waals surface area contributed by atoms with Gasteiger partial charge in [-0.1, -0.05) is 24.3 Å². The molecule has 0 unspecified atom stereocenters. The van der Waals surface area contributed by atoms with Crippen molar-refractivity contribution in [2.45, 2.75) is 19.1 Å². The molecule has 0 atom stereocenters. The van der Waals surface area contributed by atoms with Gasteiger partial charge >= 0.3 is 6.18 Å². The van der Waals surface area contributed by atoms with E-state index in [1.165, 1.54) is 12.3 Å². The fourth-order valence-corrected chi connectivity index (χ4v) is 4.47. The topological polar surface area (TPSA) is 92.9 Å². The van der Waals surface area contributed by atoms with Crippen molar-refractivity contribution in [3.8, 4) is 0 Å². The first-order chi connectivity index (χ1) is 15.8. The van der Waals surface area contributed by atoms with Gasteiger partial charge < -0.3 is 15.3 Å². The maximum Gasteiger partial charge on any atom is 0.417 e. The van der Waals surface area contributed by atoms with E-state index < -0.39 is 23.6 Å². The van der Waals surface area contributed by atoms with Gasteiger partial charge in [-0.05, 0) is 31.2 Å². The molecule has 168 valence electrons. The Bertz CT molecular complexity index is 1460. The number of aromatic amines is 1. The molecule has 4 N–H and O–H groups in total. The number of amides is 2. The largest absolute Gasteiger partial charge is 0.417 e. The van der Waals surface area contributed by atoms with Gasteiger partial charge in [-0.2, -0.15) is 13.2 Å². The van der Waals surface area contributed by atoms with E-state index in [2.05, 4.69) is 10.3 Å². The van der Waals surface area contributed by atoms with Crippen molar-refractivity contribution in [3.63, 3.8) is 0 Å². The van der Waals surface area contributed by atoms with Crippen LogP contribution >= 0.6 is 0 Å². The molecule has 2 amide bonds. The number of fused-ring (bicyclic) bond motifs is 2. The van der Waals surface area contributed by atoms with Crippen molar-refractivity contribution in [3.05, 3.63) is 71.5 Å². The van der Waals surface area contributed by atoms with Gasteiger partial charge in [-0.25, -0.2) is 0 Å². The van der Waals surface area contributed by atoms with E-state index in [9.17, 15) is 22.8 Å². The summed E-state index contributed by atoms with van der Waals surface area (Å²) in [5, 5.41) is 2.85. The monoisotopic (exact) mass is 452 g/mol. The van der Waals surface area contributed by atoms with Crippen LogP contribution in [0.25, 0.3) is 33.0 Å². The highest BCUT2D eigenvalue weighted by Gasteiger charge is 2.39. The van der Waals surface area contributed by atoms with Gasteiger partial charge in [-0.15, -0.1) is 0 Å². The minimum atomic E-state index is -4.64. The number of aryl methyl sites for hydroxylation is 1. The predicted molar refractivity (Wildman–Crippen MR) is 119 cm³/mol. The highest BCUT2D eigenvalue weighted by Crippen LogP contribution is 2.43. The third kappa shape index (κ3) is 3.32. The summed E-state index contributed by atoms with van der Waals surface area (Å²) in [6.07, 6.45) is -0.998. The Morgan fingerprint density at radius 2 is 1.67 bits per heavy atom. The molecule has 0 saturated heterocycles. The van der Waals surface area contributed by atoms with Gasteiger partial charge in [-0.3, -0.25) is 14.9 Å². The number of nitrogens with zero attached hydrogens (tertiary/aromatic N) is 1. The number of imide groups is 1. The van der Waals surface area contributed by atoms with Crippen LogP contribution in [0.1, 0.15) is 23.1 Å². The Labute approximate surface area is 185 Å². The third-order valence-corrected chi connectivity index (χ3v) is 5.87. The Morgan fingerprint density at radius 3 is 2.39 bits per heavy atom. The van der Waals surface area contributed by atoms with Gasteiger partial charge in [0.05, 0.1) is 16.7 Å². The molecule has 0 saturated carbocycles. The van der Waals surface area contributed by atoms with Gasteiger partial charge in [0.25, 0.3) is 11.8 Å². The number of nitrogens with two attached hydrogens (primary N) is 1. The van der Waals surface area contributed by atoms with Gasteiger partial charge in [0.1, 0.15) is 0 Å². The zero-order chi connectivity index (χ0) is 23.3. The molecule has 0 aliphatic carbocycles. The molecule has 0 fully saturated rings. The molecule has 2 aromatic carbocycles. The summed E-state index contributed by atoms with van der Waals surface area (Å²) in [5.74, 6) is -1.37. The lowest BCUT2D eigenvalue weighted by atomic mass is 9.94. The van der Waals surface area contributed by atoms with Crippen LogP contribution in [0.4, 0.5) is 13.2 Å². The van der Waals surface area contributed by atoms with E-state index in [4.69, 9.17) is 5.73 Å². The summed E-state index contributed by atoms with van der Waals surface area (Å²) in [6, 6.07) is 11.1.